The van der Waals surface area contributed by atoms with E-state index in [1.165, 1.54) is 12.1 Å². The van der Waals surface area contributed by atoms with E-state index in [1.54, 1.807) is 41.3 Å². The maximum absolute atomic E-state index is 13.4. The predicted molar refractivity (Wildman–Crippen MR) is 127 cm³/mol. The van der Waals surface area contributed by atoms with Crippen LogP contribution in [-0.2, 0) is 6.42 Å². The van der Waals surface area contributed by atoms with Gasteiger partial charge in [0.05, 0.1) is 21.6 Å². The maximum Gasteiger partial charge on any atom is 0.270 e. The van der Waals surface area contributed by atoms with Crippen molar-refractivity contribution >= 4 is 23.2 Å². The quantitative estimate of drug-likeness (QED) is 0.237. The van der Waals surface area contributed by atoms with Gasteiger partial charge in [-0.05, 0) is 24.6 Å². The molecule has 0 aliphatic rings. The van der Waals surface area contributed by atoms with Gasteiger partial charge in [0.1, 0.15) is 0 Å². The topological polar surface area (TPSA) is 102 Å². The summed E-state index contributed by atoms with van der Waals surface area (Å²) < 4.78 is 5.37. The van der Waals surface area contributed by atoms with E-state index < -0.39 is 4.92 Å². The van der Waals surface area contributed by atoms with Crippen molar-refractivity contribution in [2.75, 3.05) is 6.54 Å². The number of halogens is 1. The van der Waals surface area contributed by atoms with Gasteiger partial charge in [0.2, 0.25) is 11.7 Å². The lowest BCUT2D eigenvalue weighted by molar-refractivity contribution is -0.384. The van der Waals surface area contributed by atoms with Gasteiger partial charge in [-0.15, -0.1) is 0 Å². The normalized spacial score (nSPS) is 11.7. The second-order valence-electron chi connectivity index (χ2n) is 7.63. The molecule has 0 aliphatic heterocycles. The first kappa shape index (κ1) is 23.1. The van der Waals surface area contributed by atoms with Crippen molar-refractivity contribution in [2.45, 2.75) is 19.4 Å². The predicted octanol–water partition coefficient (Wildman–Crippen LogP) is 5.74. The average Bonchev–Trinajstić information content (AvgIpc) is 3.34. The fourth-order valence-corrected chi connectivity index (χ4v) is 3.84. The van der Waals surface area contributed by atoms with Gasteiger partial charge in [-0.25, -0.2) is 0 Å². The SMILES string of the molecule is C[C@@H](c1ccccc1)N(CCc1nc(-c2cccc([N+](=O)[O-])c2)no1)C(=O)c1ccccc1Cl. The zero-order chi connectivity index (χ0) is 24.1. The molecular formula is C25H21ClN4O4. The third-order valence-electron chi connectivity index (χ3n) is 5.46. The van der Waals surface area contributed by atoms with E-state index in [1.807, 2.05) is 37.3 Å². The van der Waals surface area contributed by atoms with Crippen LogP contribution in [0.5, 0.6) is 0 Å². The Morgan fingerprint density at radius 2 is 1.82 bits per heavy atom. The van der Waals surface area contributed by atoms with E-state index in [-0.39, 0.29) is 23.5 Å². The van der Waals surface area contributed by atoms with Gasteiger partial charge in [0.25, 0.3) is 11.6 Å². The van der Waals surface area contributed by atoms with Crippen molar-refractivity contribution in [3.8, 4) is 11.4 Å². The van der Waals surface area contributed by atoms with Crippen molar-refractivity contribution in [1.29, 1.82) is 0 Å². The highest BCUT2D eigenvalue weighted by Crippen LogP contribution is 2.26. The number of non-ortho nitro benzene ring substituents is 1. The first-order valence-corrected chi connectivity index (χ1v) is 11.0. The summed E-state index contributed by atoms with van der Waals surface area (Å²) in [7, 11) is 0. The summed E-state index contributed by atoms with van der Waals surface area (Å²) >= 11 is 6.30. The Morgan fingerprint density at radius 1 is 1.09 bits per heavy atom. The molecule has 9 heteroatoms. The lowest BCUT2D eigenvalue weighted by Gasteiger charge is -2.29. The van der Waals surface area contributed by atoms with E-state index >= 15 is 0 Å². The van der Waals surface area contributed by atoms with Crippen LogP contribution in [0.1, 0.15) is 34.8 Å². The third kappa shape index (κ3) is 5.13. The van der Waals surface area contributed by atoms with Crippen molar-refractivity contribution in [2.24, 2.45) is 0 Å². The Bertz CT molecular complexity index is 1310. The van der Waals surface area contributed by atoms with Crippen LogP contribution in [0, 0.1) is 10.1 Å². The van der Waals surface area contributed by atoms with E-state index in [2.05, 4.69) is 10.1 Å². The summed E-state index contributed by atoms with van der Waals surface area (Å²) in [6.07, 6.45) is 0.301. The summed E-state index contributed by atoms with van der Waals surface area (Å²) in [4.78, 5) is 30.1. The number of benzene rings is 3. The van der Waals surface area contributed by atoms with Crippen LogP contribution in [-0.4, -0.2) is 32.4 Å². The molecule has 0 unspecified atom stereocenters. The van der Waals surface area contributed by atoms with Gasteiger partial charge < -0.3 is 9.42 Å². The highest BCUT2D eigenvalue weighted by atomic mass is 35.5. The summed E-state index contributed by atoms with van der Waals surface area (Å²) in [6, 6.07) is 22.4. The number of rotatable bonds is 8. The van der Waals surface area contributed by atoms with Gasteiger partial charge in [0.15, 0.2) is 0 Å². The highest BCUT2D eigenvalue weighted by molar-refractivity contribution is 6.33. The number of nitrogens with zero attached hydrogens (tertiary/aromatic N) is 4. The molecule has 0 fully saturated rings. The number of carbonyl (C=O) groups excluding carboxylic acids is 1. The largest absolute Gasteiger partial charge is 0.339 e. The third-order valence-corrected chi connectivity index (χ3v) is 5.79. The second kappa shape index (κ2) is 10.3. The van der Waals surface area contributed by atoms with E-state index in [0.29, 0.717) is 35.0 Å². The van der Waals surface area contributed by atoms with Crippen LogP contribution in [0.15, 0.2) is 83.4 Å². The summed E-state index contributed by atoms with van der Waals surface area (Å²) in [5, 5.41) is 15.4. The van der Waals surface area contributed by atoms with Crippen molar-refractivity contribution in [3.63, 3.8) is 0 Å². The smallest absolute Gasteiger partial charge is 0.270 e. The molecule has 1 heterocycles. The van der Waals surface area contributed by atoms with Crippen LogP contribution >= 0.6 is 11.6 Å². The van der Waals surface area contributed by atoms with E-state index in [0.717, 1.165) is 5.56 Å². The Kier molecular flexibility index (Phi) is 6.98. The number of nitro groups is 1. The van der Waals surface area contributed by atoms with E-state index in [4.69, 9.17) is 16.1 Å². The first-order chi connectivity index (χ1) is 16.4. The number of nitro benzene ring substituents is 1. The molecule has 0 spiro atoms. The lowest BCUT2D eigenvalue weighted by Crippen LogP contribution is -2.35. The minimum absolute atomic E-state index is 0.0583. The molecule has 0 saturated heterocycles. The van der Waals surface area contributed by atoms with Gasteiger partial charge in [-0.3, -0.25) is 14.9 Å². The zero-order valence-electron chi connectivity index (χ0n) is 18.3. The zero-order valence-corrected chi connectivity index (χ0v) is 19.1. The lowest BCUT2D eigenvalue weighted by atomic mass is 10.0. The summed E-state index contributed by atoms with van der Waals surface area (Å²) in [6.45, 7) is 2.25. The minimum Gasteiger partial charge on any atom is -0.339 e. The van der Waals surface area contributed by atoms with Gasteiger partial charge in [-0.2, -0.15) is 4.98 Å². The van der Waals surface area contributed by atoms with Crippen molar-refractivity contribution in [1.82, 2.24) is 15.0 Å². The minimum atomic E-state index is -0.479. The number of hydrogen-bond donors (Lipinski definition) is 0. The van der Waals surface area contributed by atoms with Crippen molar-refractivity contribution < 1.29 is 14.2 Å². The van der Waals surface area contributed by atoms with Crippen LogP contribution in [0.2, 0.25) is 5.02 Å². The molecule has 1 atom stereocenters. The number of hydrogen-bond acceptors (Lipinski definition) is 6. The molecule has 3 aromatic carbocycles. The Hall–Kier alpha value is -4.04. The fourth-order valence-electron chi connectivity index (χ4n) is 3.62. The maximum atomic E-state index is 13.4. The molecule has 0 N–H and O–H groups in total. The molecule has 0 saturated carbocycles. The Balaban J connectivity index is 1.57. The number of carbonyl (C=O) groups is 1. The van der Waals surface area contributed by atoms with E-state index in [9.17, 15) is 14.9 Å². The van der Waals surface area contributed by atoms with Crippen LogP contribution in [0.3, 0.4) is 0 Å². The molecule has 4 rings (SSSR count). The number of amides is 1. The van der Waals surface area contributed by atoms with Crippen LogP contribution in [0.25, 0.3) is 11.4 Å². The van der Waals surface area contributed by atoms with Crippen molar-refractivity contribution in [3.05, 3.63) is 111 Å². The molecule has 0 radical (unpaired) electrons. The first-order valence-electron chi connectivity index (χ1n) is 10.6. The van der Waals surface area contributed by atoms with Gasteiger partial charge in [0, 0.05) is 30.7 Å². The fraction of sp³-hybridized carbons (Fsp3) is 0.160. The average molecular weight is 477 g/mol. The summed E-state index contributed by atoms with van der Waals surface area (Å²) in [5.41, 5.74) is 1.81. The highest BCUT2D eigenvalue weighted by Gasteiger charge is 2.25. The Morgan fingerprint density at radius 3 is 2.56 bits per heavy atom. The number of aromatic nitrogens is 2. The van der Waals surface area contributed by atoms with Crippen LogP contribution < -0.4 is 0 Å². The monoisotopic (exact) mass is 476 g/mol. The second-order valence-corrected chi connectivity index (χ2v) is 8.04. The molecule has 4 aromatic rings. The Labute approximate surface area is 200 Å². The molecule has 1 amide bonds. The molecule has 34 heavy (non-hydrogen) atoms. The molecule has 1 aromatic heterocycles. The van der Waals surface area contributed by atoms with Gasteiger partial charge in [-0.1, -0.05) is 71.4 Å². The molecule has 8 nitrogen and oxygen atoms in total. The molecule has 0 bridgehead atoms. The van der Waals surface area contributed by atoms with Gasteiger partial charge >= 0.3 is 0 Å². The molecule has 0 aliphatic carbocycles. The van der Waals surface area contributed by atoms with Crippen LogP contribution in [0.4, 0.5) is 5.69 Å². The summed E-state index contributed by atoms with van der Waals surface area (Å²) in [5.74, 6) is 0.359. The molecule has 172 valence electrons. The molecular weight excluding hydrogens is 456 g/mol. The standard InChI is InChI=1S/C25H21ClN4O4/c1-17(18-8-3-2-4-9-18)29(25(31)21-12-5-6-13-22(21)26)15-14-23-27-24(28-34-23)19-10-7-11-20(16-19)30(32)33/h2-13,16-17H,14-15H2,1H3/t17-/m0/s1.